The number of para-hydroxylation sites is 2. The van der Waals surface area contributed by atoms with Crippen molar-refractivity contribution < 1.29 is 20.0 Å². The van der Waals surface area contributed by atoms with Crippen LogP contribution < -0.4 is 10.2 Å². The van der Waals surface area contributed by atoms with Gasteiger partial charge in [-0.15, -0.1) is 0 Å². The van der Waals surface area contributed by atoms with E-state index in [1.54, 1.807) is 12.2 Å². The van der Waals surface area contributed by atoms with Gasteiger partial charge >= 0.3 is 5.97 Å². The summed E-state index contributed by atoms with van der Waals surface area (Å²) < 4.78 is 0. The Labute approximate surface area is 258 Å². The lowest BCUT2D eigenvalue weighted by Gasteiger charge is -2.26. The molecule has 0 amide bonds. The van der Waals surface area contributed by atoms with Gasteiger partial charge in [-0.3, -0.25) is 4.79 Å². The maximum atomic E-state index is 11.4. The van der Waals surface area contributed by atoms with E-state index in [2.05, 4.69) is 53.7 Å². The molecule has 2 rings (SSSR count). The Hall–Kier alpha value is -4.35. The molecule has 0 aliphatic carbocycles. The summed E-state index contributed by atoms with van der Waals surface area (Å²) in [7, 11) is 0. The van der Waals surface area contributed by atoms with Gasteiger partial charge in [0.25, 0.3) is 0 Å². The first-order chi connectivity index (χ1) is 20.9. The summed E-state index contributed by atoms with van der Waals surface area (Å²) in [5.74, 6) is -0.0429. The number of rotatable bonds is 18. The fourth-order valence-corrected chi connectivity index (χ4v) is 4.73. The third-order valence-corrected chi connectivity index (χ3v) is 6.50. The number of carbonyl (C=O) groups excluding carboxylic acids is 1. The molecule has 0 spiro atoms. The number of carbonyl (C=O) groups is 2. The summed E-state index contributed by atoms with van der Waals surface area (Å²) in [5.41, 5.74) is 4.50. The van der Waals surface area contributed by atoms with Crippen molar-refractivity contribution in [1.82, 2.24) is 9.80 Å². The van der Waals surface area contributed by atoms with Crippen molar-refractivity contribution in [3.05, 3.63) is 96.2 Å². The van der Waals surface area contributed by atoms with E-state index in [0.717, 1.165) is 60.8 Å². The van der Waals surface area contributed by atoms with E-state index >= 15 is 0 Å². The number of nitrogens with zero attached hydrogens (tertiary/aromatic N) is 4. The minimum atomic E-state index is -0.867. The molecule has 0 saturated carbocycles. The van der Waals surface area contributed by atoms with Crippen LogP contribution in [-0.2, 0) is 9.59 Å². The molecule has 3 N–H and O–H groups in total. The van der Waals surface area contributed by atoms with Crippen LogP contribution in [0.1, 0.15) is 60.3 Å². The molecule has 1 aliphatic rings. The topological polar surface area (TPSA) is 104 Å². The van der Waals surface area contributed by atoms with E-state index in [1.165, 1.54) is 0 Å². The number of carboxylic acid groups (broad SMARTS) is 1. The molecule has 1 heterocycles. The Morgan fingerprint density at radius 2 is 1.86 bits per heavy atom. The zero-order chi connectivity index (χ0) is 32.0. The fourth-order valence-electron chi connectivity index (χ4n) is 4.73. The van der Waals surface area contributed by atoms with Crippen LogP contribution in [0.2, 0.25) is 0 Å². The zero-order valence-electron chi connectivity index (χ0n) is 26.6. The molecule has 43 heavy (non-hydrogen) atoms. The Bertz CT molecular complexity index is 1240. The number of quaternary nitrogens is 1. The van der Waals surface area contributed by atoms with Crippen molar-refractivity contribution in [2.45, 2.75) is 60.3 Å². The second-order valence-electron chi connectivity index (χ2n) is 9.54. The van der Waals surface area contributed by atoms with E-state index in [1.807, 2.05) is 68.2 Å². The number of nitriles is 1. The van der Waals surface area contributed by atoms with Crippen LogP contribution >= 0.6 is 0 Å². The largest absolute Gasteiger partial charge is 0.481 e. The quantitative estimate of drug-likeness (QED) is 0.0709. The number of hydrogen-bond acceptors (Lipinski definition) is 6. The van der Waals surface area contributed by atoms with Gasteiger partial charge in [0.2, 0.25) is 0 Å². The molecule has 0 bridgehead atoms. The third kappa shape index (κ3) is 11.4. The fraction of sp³-hybridized carbons (Fsp3) is 0.400. The van der Waals surface area contributed by atoms with E-state index in [-0.39, 0.29) is 6.42 Å². The average Bonchev–Trinajstić information content (AvgIpc) is 3.29. The first kappa shape index (κ1) is 36.7. The van der Waals surface area contributed by atoms with Gasteiger partial charge in [0.15, 0.2) is 5.69 Å². The second kappa shape index (κ2) is 21.4. The van der Waals surface area contributed by atoms with Crippen molar-refractivity contribution in [1.29, 1.82) is 5.26 Å². The molecule has 232 valence electrons. The van der Waals surface area contributed by atoms with E-state index < -0.39 is 5.97 Å². The summed E-state index contributed by atoms with van der Waals surface area (Å²) in [6.45, 7) is 17.4. The van der Waals surface area contributed by atoms with Gasteiger partial charge in [0.05, 0.1) is 48.1 Å². The summed E-state index contributed by atoms with van der Waals surface area (Å²) in [6, 6.07) is 10.4. The van der Waals surface area contributed by atoms with Crippen LogP contribution in [0, 0.1) is 11.3 Å². The van der Waals surface area contributed by atoms with Crippen LogP contribution in [0.3, 0.4) is 0 Å². The highest BCUT2D eigenvalue weighted by Crippen LogP contribution is 2.34. The number of aliphatic carboxylic acids is 1. The molecule has 0 fully saturated rings. The molecule has 1 aromatic rings. The first-order valence-electron chi connectivity index (χ1n) is 15.3. The molecule has 1 aliphatic heterocycles. The maximum absolute atomic E-state index is 11.4. The highest BCUT2D eigenvalue weighted by Gasteiger charge is 2.30. The first-order valence-corrected chi connectivity index (χ1v) is 15.3. The Balaban J connectivity index is 0.00000452. The lowest BCUT2D eigenvalue weighted by atomic mass is 10.2. The lowest BCUT2D eigenvalue weighted by Crippen LogP contribution is -2.78. The van der Waals surface area contributed by atoms with Crippen LogP contribution in [0.5, 0.6) is 0 Å². The number of anilines is 1. The summed E-state index contributed by atoms with van der Waals surface area (Å²) >= 11 is 0. The number of carboxylic acids is 1. The van der Waals surface area contributed by atoms with Crippen molar-refractivity contribution >= 4 is 23.6 Å². The summed E-state index contributed by atoms with van der Waals surface area (Å²) in [6.07, 6.45) is 16.5. The molecular formula is C35H50N5O3+. The van der Waals surface area contributed by atoms with Crippen LogP contribution in [0.15, 0.2) is 96.2 Å². The number of benzene rings is 1. The van der Waals surface area contributed by atoms with Crippen LogP contribution in [0.4, 0.5) is 11.4 Å². The molecule has 0 saturated heterocycles. The maximum Gasteiger partial charge on any atom is 0.305 e. The van der Waals surface area contributed by atoms with Crippen molar-refractivity contribution in [2.24, 2.45) is 0 Å². The Morgan fingerprint density at radius 3 is 2.47 bits per heavy atom. The average molecular weight is 589 g/mol. The SMILES string of the molecule is C=CC1=C(/C=C\C)N(CCC(=O)O)\C(=C/C=C(C#N)/C=C/CN(CCC)c2ccccc2[NH2+]CCC=O)N1CCC.CC. The highest BCUT2D eigenvalue weighted by molar-refractivity contribution is 5.67. The molecule has 8 heteroatoms. The molecule has 0 unspecified atom stereocenters. The molecule has 0 radical (unpaired) electrons. The molecule has 0 atom stereocenters. The zero-order valence-corrected chi connectivity index (χ0v) is 26.6. The normalized spacial score (nSPS) is 14.3. The van der Waals surface area contributed by atoms with Crippen molar-refractivity contribution in [3.63, 3.8) is 0 Å². The van der Waals surface area contributed by atoms with Crippen LogP contribution in [0.25, 0.3) is 0 Å². The number of allylic oxidation sites excluding steroid dienone is 7. The van der Waals surface area contributed by atoms with Crippen molar-refractivity contribution in [2.75, 3.05) is 37.6 Å². The van der Waals surface area contributed by atoms with Gasteiger partial charge in [0, 0.05) is 32.2 Å². The summed E-state index contributed by atoms with van der Waals surface area (Å²) in [5, 5.41) is 21.4. The molecular weight excluding hydrogens is 538 g/mol. The molecule has 1 aromatic carbocycles. The van der Waals surface area contributed by atoms with Gasteiger partial charge in [-0.25, -0.2) is 0 Å². The minimum Gasteiger partial charge on any atom is -0.481 e. The molecule has 0 aromatic heterocycles. The Morgan fingerprint density at radius 1 is 1.14 bits per heavy atom. The lowest BCUT2D eigenvalue weighted by molar-refractivity contribution is -0.569. The molecule has 8 nitrogen and oxygen atoms in total. The predicted octanol–water partition coefficient (Wildman–Crippen LogP) is 6.04. The number of aldehydes is 1. The van der Waals surface area contributed by atoms with Gasteiger partial charge in [0.1, 0.15) is 12.1 Å². The highest BCUT2D eigenvalue weighted by atomic mass is 16.4. The monoisotopic (exact) mass is 588 g/mol. The van der Waals surface area contributed by atoms with Gasteiger partial charge < -0.3 is 29.9 Å². The Kier molecular flexibility index (Phi) is 18.2. The van der Waals surface area contributed by atoms with E-state index in [0.29, 0.717) is 31.6 Å². The summed E-state index contributed by atoms with van der Waals surface area (Å²) in [4.78, 5) is 28.6. The van der Waals surface area contributed by atoms with Gasteiger partial charge in [-0.2, -0.15) is 5.26 Å². The van der Waals surface area contributed by atoms with E-state index in [4.69, 9.17) is 0 Å². The van der Waals surface area contributed by atoms with Gasteiger partial charge in [-0.05, 0) is 56.2 Å². The predicted molar refractivity (Wildman–Crippen MR) is 176 cm³/mol. The van der Waals surface area contributed by atoms with E-state index in [9.17, 15) is 20.0 Å². The smallest absolute Gasteiger partial charge is 0.305 e. The number of nitrogens with two attached hydrogens (primary N) is 1. The third-order valence-electron chi connectivity index (χ3n) is 6.50. The van der Waals surface area contributed by atoms with Gasteiger partial charge in [-0.1, -0.05) is 58.6 Å². The standard InChI is InChI=1S/C33H43N5O3.C2H6/c1-5-13-31-29(8-4)37(22-7-3)32(38(31)24-19-33(40)41)18-17-27(26-34)14-11-23-36(21-6-2)30-16-10-9-15-28(30)35-20-12-25-39;1-2/h5,8-11,13-18,25,35H,4,6-7,12,19-24H2,1-3H3,(H,40,41);1-2H3/p+1/b13-5-,14-11+,27-17-,32-18-;. The second-order valence-corrected chi connectivity index (χ2v) is 9.54. The minimum absolute atomic E-state index is 0.0151. The van der Waals surface area contributed by atoms with Crippen molar-refractivity contribution in [3.8, 4) is 6.07 Å². The van der Waals surface area contributed by atoms with Crippen LogP contribution in [-0.4, -0.2) is 59.9 Å². The number of hydrogen-bond donors (Lipinski definition) is 2.